The number of aromatic nitrogens is 1. The number of para-hydroxylation sites is 1. The van der Waals surface area contributed by atoms with Crippen molar-refractivity contribution in [1.29, 1.82) is 0 Å². The van der Waals surface area contributed by atoms with Gasteiger partial charge in [-0.3, -0.25) is 4.79 Å². The molecular weight excluding hydrogens is 440 g/mol. The second kappa shape index (κ2) is 8.67. The number of hydrazone groups is 1. The van der Waals surface area contributed by atoms with Crippen molar-refractivity contribution in [2.24, 2.45) is 5.10 Å². The van der Waals surface area contributed by atoms with E-state index in [-0.39, 0.29) is 11.7 Å². The molecule has 0 unspecified atom stereocenters. The molecule has 0 aliphatic carbocycles. The fraction of sp³-hybridized carbons (Fsp3) is 0.200. The highest BCUT2D eigenvalue weighted by Gasteiger charge is 2.16. The average Bonchev–Trinajstić information content (AvgIpc) is 3.21. The Kier molecular flexibility index (Phi) is 5.56. The molecule has 0 radical (unpaired) electrons. The Balaban J connectivity index is 1.29. The number of fused-ring (bicyclic) bond motifs is 3. The summed E-state index contributed by atoms with van der Waals surface area (Å²) in [7, 11) is 1.99. The number of H-pyrrole nitrogens is 1. The fourth-order valence-corrected chi connectivity index (χ4v) is 4.37. The van der Waals surface area contributed by atoms with E-state index in [1.807, 2.05) is 55.6 Å². The van der Waals surface area contributed by atoms with Crippen LogP contribution >= 0.6 is 11.6 Å². The smallest absolute Gasteiger partial charge is 0.240 e. The number of aromatic hydroxyl groups is 1. The van der Waals surface area contributed by atoms with Gasteiger partial charge in [0.15, 0.2) is 0 Å². The van der Waals surface area contributed by atoms with E-state index < -0.39 is 0 Å². The molecule has 4 aromatic rings. The predicted molar refractivity (Wildman–Crippen MR) is 132 cm³/mol. The molecule has 1 amide bonds. The minimum absolute atomic E-state index is 0.0766. The summed E-state index contributed by atoms with van der Waals surface area (Å²) < 4.78 is 5.94. The molecule has 0 atom stereocenters. The second-order valence-corrected chi connectivity index (χ2v) is 8.44. The predicted octanol–water partition coefficient (Wildman–Crippen LogP) is 4.81. The van der Waals surface area contributed by atoms with E-state index in [1.54, 1.807) is 6.07 Å². The van der Waals surface area contributed by atoms with Crippen LogP contribution in [0.1, 0.15) is 18.4 Å². The van der Waals surface area contributed by atoms with Gasteiger partial charge in [0.2, 0.25) is 5.91 Å². The van der Waals surface area contributed by atoms with Gasteiger partial charge in [-0.2, -0.15) is 5.10 Å². The maximum absolute atomic E-state index is 11.3. The van der Waals surface area contributed by atoms with Crippen LogP contribution in [0.4, 0.5) is 5.69 Å². The van der Waals surface area contributed by atoms with Crippen molar-refractivity contribution >= 4 is 50.7 Å². The number of rotatable bonds is 6. The summed E-state index contributed by atoms with van der Waals surface area (Å²) in [5.41, 5.74) is 7.02. The number of amides is 1. The van der Waals surface area contributed by atoms with Gasteiger partial charge in [0.1, 0.15) is 18.1 Å². The minimum Gasteiger partial charge on any atom is -0.507 e. The van der Waals surface area contributed by atoms with Crippen LogP contribution < -0.4 is 15.1 Å². The molecule has 7 nitrogen and oxygen atoms in total. The van der Waals surface area contributed by atoms with E-state index in [9.17, 15) is 9.90 Å². The van der Waals surface area contributed by atoms with Gasteiger partial charge in [-0.05, 0) is 42.0 Å². The van der Waals surface area contributed by atoms with Gasteiger partial charge in [0.25, 0.3) is 0 Å². The minimum atomic E-state index is -0.0766. The van der Waals surface area contributed by atoms with E-state index >= 15 is 0 Å². The van der Waals surface area contributed by atoms with Crippen LogP contribution in [-0.4, -0.2) is 41.9 Å². The molecular formula is C25H23ClN4O3. The van der Waals surface area contributed by atoms with Gasteiger partial charge in [-0.25, -0.2) is 5.43 Å². The Morgan fingerprint density at radius 1 is 1.15 bits per heavy atom. The van der Waals surface area contributed by atoms with Crippen molar-refractivity contribution in [2.45, 2.75) is 12.8 Å². The number of carbonyl (C=O) groups excluding carboxylic acids is 1. The first-order chi connectivity index (χ1) is 16.0. The number of anilines is 1. The molecule has 1 aliphatic rings. The lowest BCUT2D eigenvalue weighted by Crippen LogP contribution is -2.26. The summed E-state index contributed by atoms with van der Waals surface area (Å²) in [4.78, 5) is 16.8. The lowest BCUT2D eigenvalue weighted by molar-refractivity contribution is -0.121. The first kappa shape index (κ1) is 21.2. The number of aromatic amines is 1. The maximum atomic E-state index is 11.3. The third-order valence-electron chi connectivity index (χ3n) is 5.88. The lowest BCUT2D eigenvalue weighted by atomic mass is 10.0. The number of hydrogen-bond acceptors (Lipinski definition) is 5. The number of benzene rings is 3. The van der Waals surface area contributed by atoms with Crippen LogP contribution in [0.15, 0.2) is 59.7 Å². The number of likely N-dealkylation sites (N-methyl/N-ethyl adjacent to an activating group) is 1. The zero-order valence-corrected chi connectivity index (χ0v) is 18.8. The zero-order chi connectivity index (χ0) is 22.9. The van der Waals surface area contributed by atoms with Crippen molar-refractivity contribution in [3.05, 3.63) is 65.2 Å². The van der Waals surface area contributed by atoms with Crippen LogP contribution in [0.5, 0.6) is 11.5 Å². The third kappa shape index (κ3) is 4.07. The van der Waals surface area contributed by atoms with Crippen LogP contribution in [0.25, 0.3) is 21.8 Å². The Morgan fingerprint density at radius 3 is 2.79 bits per heavy atom. The summed E-state index contributed by atoms with van der Waals surface area (Å²) in [5.74, 6) is 0.771. The highest BCUT2D eigenvalue weighted by Crippen LogP contribution is 2.37. The monoisotopic (exact) mass is 462 g/mol. The van der Waals surface area contributed by atoms with Gasteiger partial charge < -0.3 is 19.7 Å². The molecule has 2 heterocycles. The average molecular weight is 463 g/mol. The molecule has 3 aromatic carbocycles. The molecule has 0 fully saturated rings. The van der Waals surface area contributed by atoms with Gasteiger partial charge in [0.05, 0.1) is 33.9 Å². The summed E-state index contributed by atoms with van der Waals surface area (Å²) in [6.07, 6.45) is 1.00. The molecule has 0 bridgehead atoms. The number of phenols is 1. The Morgan fingerprint density at radius 2 is 2.00 bits per heavy atom. The molecule has 0 spiro atoms. The zero-order valence-electron chi connectivity index (χ0n) is 18.1. The summed E-state index contributed by atoms with van der Waals surface area (Å²) >= 11 is 6.44. The van der Waals surface area contributed by atoms with Gasteiger partial charge in [-0.1, -0.05) is 29.8 Å². The van der Waals surface area contributed by atoms with Gasteiger partial charge in [-0.15, -0.1) is 0 Å². The second-order valence-electron chi connectivity index (χ2n) is 8.03. The molecule has 33 heavy (non-hydrogen) atoms. The topological polar surface area (TPSA) is 89.9 Å². The molecule has 3 N–H and O–H groups in total. The van der Waals surface area contributed by atoms with E-state index in [4.69, 9.17) is 16.3 Å². The Bertz CT molecular complexity index is 1400. The lowest BCUT2D eigenvalue weighted by Gasteiger charge is -2.21. The largest absolute Gasteiger partial charge is 0.507 e. The molecule has 168 valence electrons. The third-order valence-corrected chi connectivity index (χ3v) is 6.18. The molecule has 1 aromatic heterocycles. The molecule has 1 aliphatic heterocycles. The number of nitrogens with one attached hydrogen (secondary N) is 2. The Labute approximate surface area is 195 Å². The Hall–Kier alpha value is -3.71. The molecule has 0 saturated carbocycles. The van der Waals surface area contributed by atoms with Crippen LogP contribution in [0.2, 0.25) is 5.02 Å². The highest BCUT2D eigenvalue weighted by molar-refractivity contribution is 6.32. The molecule has 0 saturated heterocycles. The quantitative estimate of drug-likeness (QED) is 0.383. The van der Waals surface area contributed by atoms with Crippen molar-refractivity contribution in [3.8, 4) is 11.5 Å². The number of ether oxygens (including phenoxy) is 1. The summed E-state index contributed by atoms with van der Waals surface area (Å²) in [6.45, 7) is 1.04. The first-order valence-electron chi connectivity index (χ1n) is 10.7. The van der Waals surface area contributed by atoms with E-state index in [2.05, 4.69) is 20.4 Å². The van der Waals surface area contributed by atoms with Gasteiger partial charge in [0, 0.05) is 30.8 Å². The number of nitrogens with zero attached hydrogens (tertiary/aromatic N) is 2. The molecule has 8 heteroatoms. The number of carbonyl (C=O) groups is 1. The summed E-state index contributed by atoms with van der Waals surface area (Å²) in [5, 5.41) is 16.9. The van der Waals surface area contributed by atoms with Crippen molar-refractivity contribution in [1.82, 2.24) is 10.4 Å². The fourth-order valence-electron chi connectivity index (χ4n) is 4.14. The number of halogens is 1. The normalized spacial score (nSPS) is 13.8. The van der Waals surface area contributed by atoms with Crippen molar-refractivity contribution < 1.29 is 14.6 Å². The van der Waals surface area contributed by atoms with E-state index in [0.29, 0.717) is 36.8 Å². The first-order valence-corrected chi connectivity index (χ1v) is 11.1. The number of phenolic OH excluding ortho intramolecular Hbond substituents is 1. The number of hydrogen-bond donors (Lipinski definition) is 3. The van der Waals surface area contributed by atoms with Crippen LogP contribution in [0.3, 0.4) is 0 Å². The summed E-state index contributed by atoms with van der Waals surface area (Å²) in [6, 6.07) is 17.1. The van der Waals surface area contributed by atoms with Crippen LogP contribution in [0, 0.1) is 0 Å². The van der Waals surface area contributed by atoms with E-state index in [0.717, 1.165) is 38.8 Å². The van der Waals surface area contributed by atoms with E-state index in [1.165, 1.54) is 0 Å². The van der Waals surface area contributed by atoms with Crippen molar-refractivity contribution in [2.75, 3.05) is 25.1 Å². The molecule has 5 rings (SSSR count). The highest BCUT2D eigenvalue weighted by atomic mass is 35.5. The SMILES string of the molecule is CN(CCOc1ccc(C2=NNC(=O)CC2)cc1Cl)c1ccc(O)c2c1[nH]c1ccccc12. The van der Waals surface area contributed by atoms with Gasteiger partial charge >= 0.3 is 0 Å². The van der Waals surface area contributed by atoms with Crippen molar-refractivity contribution in [3.63, 3.8) is 0 Å². The maximum Gasteiger partial charge on any atom is 0.240 e. The van der Waals surface area contributed by atoms with Crippen LogP contribution in [-0.2, 0) is 4.79 Å². The standard InChI is InChI=1S/C25H23ClN4O3/c1-30(20-8-9-21(31)24-16-4-2-3-5-19(16)27-25(20)24)12-13-33-22-10-6-15(14-17(22)26)18-7-11-23(32)29-28-18/h2-6,8-10,14,27,31H,7,11-13H2,1H3,(H,29,32).